The lowest BCUT2D eigenvalue weighted by molar-refractivity contribution is 0.292. The van der Waals surface area contributed by atoms with Crippen LogP contribution in [-0.2, 0) is 6.42 Å². The van der Waals surface area contributed by atoms with Crippen molar-refractivity contribution in [3.63, 3.8) is 0 Å². The highest BCUT2D eigenvalue weighted by atomic mass is 14.9. The van der Waals surface area contributed by atoms with Crippen molar-refractivity contribution in [3.05, 3.63) is 29.6 Å². The molecule has 1 atom stereocenters. The van der Waals surface area contributed by atoms with Crippen LogP contribution in [0.3, 0.4) is 0 Å². The van der Waals surface area contributed by atoms with E-state index in [1.165, 1.54) is 56.2 Å². The van der Waals surface area contributed by atoms with Crippen molar-refractivity contribution < 1.29 is 0 Å². The zero-order valence-electron chi connectivity index (χ0n) is 12.5. The lowest BCUT2D eigenvalue weighted by atomic mass is 9.84. The third kappa shape index (κ3) is 4.61. The number of pyridine rings is 1. The number of hydrogen-bond donors (Lipinski definition) is 1. The van der Waals surface area contributed by atoms with Crippen LogP contribution < -0.4 is 5.32 Å². The zero-order chi connectivity index (χ0) is 13.5. The first-order valence-electron chi connectivity index (χ1n) is 7.88. The van der Waals surface area contributed by atoms with Crippen molar-refractivity contribution in [2.75, 3.05) is 7.05 Å². The van der Waals surface area contributed by atoms with Crippen molar-refractivity contribution >= 4 is 0 Å². The first-order chi connectivity index (χ1) is 9.29. The molecular weight excluding hydrogens is 232 g/mol. The average Bonchev–Trinajstić information content (AvgIpc) is 2.38. The Labute approximate surface area is 118 Å². The molecule has 0 spiro atoms. The fourth-order valence-corrected chi connectivity index (χ4v) is 3.24. The van der Waals surface area contributed by atoms with E-state index in [0.717, 1.165) is 12.3 Å². The van der Waals surface area contributed by atoms with Gasteiger partial charge in [-0.05, 0) is 44.4 Å². The van der Waals surface area contributed by atoms with E-state index in [-0.39, 0.29) is 0 Å². The van der Waals surface area contributed by atoms with Crippen LogP contribution in [-0.4, -0.2) is 18.1 Å². The smallest absolute Gasteiger partial charge is 0.0419 e. The quantitative estimate of drug-likeness (QED) is 0.888. The Morgan fingerprint density at radius 2 is 1.84 bits per heavy atom. The third-order valence-corrected chi connectivity index (χ3v) is 4.49. The van der Waals surface area contributed by atoms with E-state index in [1.54, 1.807) is 0 Å². The highest BCUT2D eigenvalue weighted by molar-refractivity contribution is 5.13. The lowest BCUT2D eigenvalue weighted by Gasteiger charge is -2.28. The molecule has 0 radical (unpaired) electrons. The minimum Gasteiger partial charge on any atom is -0.316 e. The van der Waals surface area contributed by atoms with Crippen LogP contribution in [0.4, 0.5) is 0 Å². The van der Waals surface area contributed by atoms with Crippen LogP contribution in [0.1, 0.15) is 56.2 Å². The molecule has 2 nitrogen and oxygen atoms in total. The fourth-order valence-electron chi connectivity index (χ4n) is 3.24. The molecule has 1 heterocycles. The van der Waals surface area contributed by atoms with Crippen molar-refractivity contribution in [2.45, 2.75) is 64.3 Å². The van der Waals surface area contributed by atoms with Crippen molar-refractivity contribution in [3.8, 4) is 0 Å². The number of aryl methyl sites for hydroxylation is 1. The van der Waals surface area contributed by atoms with Gasteiger partial charge in [0.2, 0.25) is 0 Å². The van der Waals surface area contributed by atoms with Gasteiger partial charge in [-0.1, -0.05) is 38.2 Å². The number of hydrogen-bond acceptors (Lipinski definition) is 2. The summed E-state index contributed by atoms with van der Waals surface area (Å²) in [5, 5.41) is 3.54. The molecular formula is C17H28N2. The van der Waals surface area contributed by atoms with Gasteiger partial charge in [0.1, 0.15) is 0 Å². The van der Waals surface area contributed by atoms with Gasteiger partial charge in [-0.15, -0.1) is 0 Å². The second-order valence-electron chi connectivity index (χ2n) is 6.03. The monoisotopic (exact) mass is 260 g/mol. The van der Waals surface area contributed by atoms with Crippen LogP contribution >= 0.6 is 0 Å². The number of likely N-dealkylation sites (N-methyl/N-ethyl adjacent to an activating group) is 1. The van der Waals surface area contributed by atoms with Gasteiger partial charge < -0.3 is 5.32 Å². The van der Waals surface area contributed by atoms with Gasteiger partial charge in [-0.25, -0.2) is 0 Å². The largest absolute Gasteiger partial charge is 0.316 e. The summed E-state index contributed by atoms with van der Waals surface area (Å²) < 4.78 is 0. The topological polar surface area (TPSA) is 24.9 Å². The SMILES string of the molecule is CNC(Cc1ccc(C)cn1)C1CCCCCCC1. The van der Waals surface area contributed by atoms with Gasteiger partial charge in [0.05, 0.1) is 0 Å². The predicted molar refractivity (Wildman–Crippen MR) is 81.3 cm³/mol. The number of nitrogens with zero attached hydrogens (tertiary/aromatic N) is 1. The van der Waals surface area contributed by atoms with Crippen LogP contribution in [0.25, 0.3) is 0 Å². The lowest BCUT2D eigenvalue weighted by Crippen LogP contribution is -2.36. The molecule has 2 rings (SSSR count). The summed E-state index contributed by atoms with van der Waals surface area (Å²) in [6, 6.07) is 4.95. The summed E-state index contributed by atoms with van der Waals surface area (Å²) in [4.78, 5) is 4.56. The molecule has 1 unspecified atom stereocenters. The van der Waals surface area contributed by atoms with Crippen LogP contribution in [0, 0.1) is 12.8 Å². The highest BCUT2D eigenvalue weighted by Gasteiger charge is 2.21. The van der Waals surface area contributed by atoms with E-state index in [1.807, 2.05) is 6.20 Å². The standard InChI is InChI=1S/C17H28N2/c1-14-10-11-16(19-13-14)12-17(18-2)15-8-6-4-3-5-7-9-15/h10-11,13,15,17-18H,3-9,12H2,1-2H3. The van der Waals surface area contributed by atoms with E-state index in [4.69, 9.17) is 0 Å². The molecule has 0 aromatic carbocycles. The second kappa shape index (κ2) is 7.64. The average molecular weight is 260 g/mol. The summed E-state index contributed by atoms with van der Waals surface area (Å²) in [7, 11) is 2.11. The van der Waals surface area contributed by atoms with E-state index >= 15 is 0 Å². The zero-order valence-corrected chi connectivity index (χ0v) is 12.5. The summed E-state index contributed by atoms with van der Waals surface area (Å²) in [5.41, 5.74) is 2.47. The molecule has 1 aromatic rings. The molecule has 1 saturated carbocycles. The predicted octanol–water partition coefficient (Wildman–Crippen LogP) is 3.88. The number of rotatable bonds is 4. The van der Waals surface area contributed by atoms with Gasteiger partial charge in [-0.3, -0.25) is 4.98 Å². The molecule has 19 heavy (non-hydrogen) atoms. The maximum Gasteiger partial charge on any atom is 0.0419 e. The van der Waals surface area contributed by atoms with Crippen molar-refractivity contribution in [1.82, 2.24) is 10.3 Å². The molecule has 1 N–H and O–H groups in total. The van der Waals surface area contributed by atoms with Gasteiger partial charge in [0, 0.05) is 24.4 Å². The van der Waals surface area contributed by atoms with E-state index in [0.29, 0.717) is 6.04 Å². The summed E-state index contributed by atoms with van der Waals surface area (Å²) >= 11 is 0. The van der Waals surface area contributed by atoms with Gasteiger partial charge in [-0.2, -0.15) is 0 Å². The maximum absolute atomic E-state index is 4.56. The van der Waals surface area contributed by atoms with Gasteiger partial charge >= 0.3 is 0 Å². The summed E-state index contributed by atoms with van der Waals surface area (Å²) in [6.07, 6.45) is 12.9. The summed E-state index contributed by atoms with van der Waals surface area (Å²) in [5.74, 6) is 0.827. The third-order valence-electron chi connectivity index (χ3n) is 4.49. The van der Waals surface area contributed by atoms with Crippen molar-refractivity contribution in [2.24, 2.45) is 5.92 Å². The Hall–Kier alpha value is -0.890. The maximum atomic E-state index is 4.56. The molecule has 0 saturated heterocycles. The second-order valence-corrected chi connectivity index (χ2v) is 6.03. The molecule has 0 aliphatic heterocycles. The Balaban J connectivity index is 1.95. The minimum absolute atomic E-state index is 0.591. The van der Waals surface area contributed by atoms with Crippen LogP contribution in [0.2, 0.25) is 0 Å². The molecule has 2 heteroatoms. The van der Waals surface area contributed by atoms with Gasteiger partial charge in [0.15, 0.2) is 0 Å². The first-order valence-corrected chi connectivity index (χ1v) is 7.88. The Kier molecular flexibility index (Phi) is 5.84. The Morgan fingerprint density at radius 1 is 1.16 bits per heavy atom. The Morgan fingerprint density at radius 3 is 2.42 bits per heavy atom. The molecule has 1 aliphatic carbocycles. The normalized spacial score (nSPS) is 19.7. The molecule has 1 aromatic heterocycles. The molecule has 0 bridgehead atoms. The molecule has 1 aliphatic rings. The van der Waals surface area contributed by atoms with Crippen molar-refractivity contribution in [1.29, 1.82) is 0 Å². The molecule has 1 fully saturated rings. The van der Waals surface area contributed by atoms with Gasteiger partial charge in [0.25, 0.3) is 0 Å². The number of nitrogens with one attached hydrogen (secondary N) is 1. The Bertz CT molecular complexity index is 350. The van der Waals surface area contributed by atoms with E-state index in [2.05, 4.69) is 36.4 Å². The highest BCUT2D eigenvalue weighted by Crippen LogP contribution is 2.26. The van der Waals surface area contributed by atoms with E-state index < -0.39 is 0 Å². The minimum atomic E-state index is 0.591. The first kappa shape index (κ1) is 14.5. The fraction of sp³-hybridized carbons (Fsp3) is 0.706. The summed E-state index contributed by atoms with van der Waals surface area (Å²) in [6.45, 7) is 2.10. The van der Waals surface area contributed by atoms with Crippen LogP contribution in [0.15, 0.2) is 18.3 Å². The van der Waals surface area contributed by atoms with E-state index in [9.17, 15) is 0 Å². The molecule has 106 valence electrons. The van der Waals surface area contributed by atoms with Crippen LogP contribution in [0.5, 0.6) is 0 Å². The number of aromatic nitrogens is 1. The molecule has 0 amide bonds.